The maximum absolute atomic E-state index is 12.2. The van der Waals surface area contributed by atoms with E-state index >= 15 is 0 Å². The standard InChI is InChI=1S/C21H27O6P/c1-23-28(22,24-2)16-18-12-10-17(11-13-18)15-26-19-7-3-4-8-20(19)27-21-9-5-6-14-25-21/h3-4,7-8,10-13,21H,5-6,9,14-16H2,1-2H3. The van der Waals surface area contributed by atoms with Crippen molar-refractivity contribution in [1.29, 1.82) is 0 Å². The Kier molecular flexibility index (Phi) is 7.51. The van der Waals surface area contributed by atoms with Crippen molar-refractivity contribution in [3.05, 3.63) is 59.7 Å². The van der Waals surface area contributed by atoms with Gasteiger partial charge >= 0.3 is 7.60 Å². The Bertz CT molecular complexity index is 778. The van der Waals surface area contributed by atoms with Gasteiger partial charge in [-0.25, -0.2) is 0 Å². The smallest absolute Gasteiger partial charge is 0.334 e. The van der Waals surface area contributed by atoms with E-state index < -0.39 is 7.60 Å². The van der Waals surface area contributed by atoms with Crippen molar-refractivity contribution < 1.29 is 27.8 Å². The SMILES string of the molecule is COP(=O)(Cc1ccc(COc2ccccc2OC2CCCCO2)cc1)OC. The maximum atomic E-state index is 12.2. The van der Waals surface area contributed by atoms with Gasteiger partial charge < -0.3 is 23.3 Å². The summed E-state index contributed by atoms with van der Waals surface area (Å²) < 4.78 is 39.8. The lowest BCUT2D eigenvalue weighted by atomic mass is 10.2. The molecule has 1 aliphatic heterocycles. The molecule has 1 saturated heterocycles. The molecule has 28 heavy (non-hydrogen) atoms. The highest BCUT2D eigenvalue weighted by molar-refractivity contribution is 7.52. The molecule has 6 nitrogen and oxygen atoms in total. The van der Waals surface area contributed by atoms with Crippen LogP contribution in [0.25, 0.3) is 0 Å². The third-order valence-corrected chi connectivity index (χ3v) is 6.46. The molecule has 0 bridgehead atoms. The van der Waals surface area contributed by atoms with Gasteiger partial charge in [-0.15, -0.1) is 0 Å². The molecule has 1 heterocycles. The largest absolute Gasteiger partial charge is 0.485 e. The van der Waals surface area contributed by atoms with Gasteiger partial charge in [-0.2, -0.15) is 0 Å². The average molecular weight is 406 g/mol. The fourth-order valence-electron chi connectivity index (χ4n) is 2.94. The molecule has 0 aliphatic carbocycles. The molecule has 0 amide bonds. The second kappa shape index (κ2) is 10.1. The lowest BCUT2D eigenvalue weighted by Crippen LogP contribution is -2.25. The summed E-state index contributed by atoms with van der Waals surface area (Å²) in [6.07, 6.45) is 3.11. The van der Waals surface area contributed by atoms with Crippen molar-refractivity contribution >= 4 is 7.60 Å². The van der Waals surface area contributed by atoms with Crippen LogP contribution in [0.4, 0.5) is 0 Å². The first-order chi connectivity index (χ1) is 13.6. The van der Waals surface area contributed by atoms with Crippen molar-refractivity contribution in [3.8, 4) is 11.5 Å². The Morgan fingerprint density at radius 1 is 0.964 bits per heavy atom. The van der Waals surface area contributed by atoms with E-state index in [1.54, 1.807) is 0 Å². The minimum atomic E-state index is -3.07. The van der Waals surface area contributed by atoms with Crippen LogP contribution in [-0.4, -0.2) is 27.1 Å². The van der Waals surface area contributed by atoms with E-state index in [1.807, 2.05) is 48.5 Å². The minimum absolute atomic E-state index is 0.213. The molecule has 0 N–H and O–H groups in total. The molecule has 1 fully saturated rings. The van der Waals surface area contributed by atoms with Gasteiger partial charge in [0, 0.05) is 20.6 Å². The van der Waals surface area contributed by atoms with Gasteiger partial charge in [0.2, 0.25) is 0 Å². The molecule has 1 unspecified atom stereocenters. The van der Waals surface area contributed by atoms with Gasteiger partial charge in [-0.05, 0) is 36.1 Å². The van der Waals surface area contributed by atoms with Crippen molar-refractivity contribution in [2.75, 3.05) is 20.8 Å². The second-order valence-electron chi connectivity index (χ2n) is 6.60. The molecular weight excluding hydrogens is 379 g/mol. The zero-order valence-corrected chi connectivity index (χ0v) is 17.2. The lowest BCUT2D eigenvalue weighted by molar-refractivity contribution is -0.106. The molecule has 1 atom stereocenters. The summed E-state index contributed by atoms with van der Waals surface area (Å²) in [5.41, 5.74) is 1.88. The second-order valence-corrected chi connectivity index (χ2v) is 8.87. The van der Waals surface area contributed by atoms with E-state index in [0.29, 0.717) is 18.1 Å². The predicted molar refractivity (Wildman–Crippen MR) is 107 cm³/mol. The number of para-hydroxylation sites is 2. The Morgan fingerprint density at radius 3 is 2.29 bits per heavy atom. The van der Waals surface area contributed by atoms with Crippen LogP contribution in [0, 0.1) is 0 Å². The van der Waals surface area contributed by atoms with Crippen LogP contribution in [0.15, 0.2) is 48.5 Å². The van der Waals surface area contributed by atoms with Crippen LogP contribution < -0.4 is 9.47 Å². The molecule has 7 heteroatoms. The van der Waals surface area contributed by atoms with E-state index in [2.05, 4.69) is 0 Å². The van der Waals surface area contributed by atoms with E-state index in [0.717, 1.165) is 37.0 Å². The lowest BCUT2D eigenvalue weighted by Gasteiger charge is -2.24. The minimum Gasteiger partial charge on any atom is -0.485 e. The summed E-state index contributed by atoms with van der Waals surface area (Å²) >= 11 is 0. The number of benzene rings is 2. The zero-order chi connectivity index (χ0) is 19.8. The summed E-state index contributed by atoms with van der Waals surface area (Å²) in [7, 11) is -0.279. The molecule has 3 rings (SSSR count). The van der Waals surface area contributed by atoms with Crippen LogP contribution in [0.3, 0.4) is 0 Å². The van der Waals surface area contributed by atoms with Gasteiger partial charge in [0.1, 0.15) is 6.61 Å². The first-order valence-corrected chi connectivity index (χ1v) is 11.1. The number of rotatable bonds is 9. The third-order valence-electron chi connectivity index (χ3n) is 4.60. The quantitative estimate of drug-likeness (QED) is 0.536. The molecular formula is C21H27O6P. The zero-order valence-electron chi connectivity index (χ0n) is 16.3. The predicted octanol–water partition coefficient (Wildman–Crippen LogP) is 5.16. The monoisotopic (exact) mass is 406 g/mol. The molecule has 2 aromatic carbocycles. The Hall–Kier alpha value is -1.85. The van der Waals surface area contributed by atoms with Gasteiger partial charge in [-0.3, -0.25) is 4.57 Å². The number of ether oxygens (including phenoxy) is 3. The van der Waals surface area contributed by atoms with Crippen LogP contribution in [-0.2, 0) is 31.1 Å². The van der Waals surface area contributed by atoms with Gasteiger partial charge in [0.15, 0.2) is 17.8 Å². The molecule has 2 aromatic rings. The highest BCUT2D eigenvalue weighted by Gasteiger charge is 2.21. The van der Waals surface area contributed by atoms with Gasteiger partial charge in [0.25, 0.3) is 0 Å². The number of hydrogen-bond acceptors (Lipinski definition) is 6. The highest BCUT2D eigenvalue weighted by atomic mass is 31.2. The van der Waals surface area contributed by atoms with Crippen molar-refractivity contribution in [2.24, 2.45) is 0 Å². The first-order valence-electron chi connectivity index (χ1n) is 9.40. The topological polar surface area (TPSA) is 63.2 Å². The Labute approximate surface area is 166 Å². The third kappa shape index (κ3) is 5.82. The molecule has 0 saturated carbocycles. The van der Waals surface area contributed by atoms with E-state index in [-0.39, 0.29) is 12.5 Å². The molecule has 0 radical (unpaired) electrons. The van der Waals surface area contributed by atoms with Crippen molar-refractivity contribution in [3.63, 3.8) is 0 Å². The summed E-state index contributed by atoms with van der Waals surface area (Å²) in [4.78, 5) is 0. The van der Waals surface area contributed by atoms with Gasteiger partial charge in [0.05, 0.1) is 12.8 Å². The average Bonchev–Trinajstić information content (AvgIpc) is 2.75. The number of hydrogen-bond donors (Lipinski definition) is 0. The van der Waals surface area contributed by atoms with Crippen molar-refractivity contribution in [2.45, 2.75) is 38.3 Å². The summed E-state index contributed by atoms with van der Waals surface area (Å²) in [5.74, 6) is 1.37. The Morgan fingerprint density at radius 2 is 1.64 bits per heavy atom. The van der Waals surface area contributed by atoms with E-state index in [4.69, 9.17) is 23.3 Å². The summed E-state index contributed by atoms with van der Waals surface area (Å²) in [6.45, 7) is 1.14. The first kappa shape index (κ1) is 20.9. The van der Waals surface area contributed by atoms with Crippen LogP contribution in [0.5, 0.6) is 11.5 Å². The molecule has 0 spiro atoms. The van der Waals surface area contributed by atoms with E-state index in [9.17, 15) is 4.57 Å². The fraction of sp³-hybridized carbons (Fsp3) is 0.429. The summed E-state index contributed by atoms with van der Waals surface area (Å²) in [5, 5.41) is 0. The highest BCUT2D eigenvalue weighted by Crippen LogP contribution is 2.49. The van der Waals surface area contributed by atoms with Crippen molar-refractivity contribution in [1.82, 2.24) is 0 Å². The van der Waals surface area contributed by atoms with Crippen LogP contribution >= 0.6 is 7.60 Å². The normalized spacial score (nSPS) is 17.3. The fourth-order valence-corrected chi connectivity index (χ4v) is 4.01. The summed E-state index contributed by atoms with van der Waals surface area (Å²) in [6, 6.07) is 15.3. The van der Waals surface area contributed by atoms with Crippen LogP contribution in [0.1, 0.15) is 30.4 Å². The molecule has 152 valence electrons. The molecule has 0 aromatic heterocycles. The molecule has 1 aliphatic rings. The van der Waals surface area contributed by atoms with E-state index in [1.165, 1.54) is 14.2 Å². The van der Waals surface area contributed by atoms with Gasteiger partial charge in [-0.1, -0.05) is 36.4 Å². The Balaban J connectivity index is 1.59. The maximum Gasteiger partial charge on any atom is 0.334 e. The van der Waals surface area contributed by atoms with Crippen LogP contribution in [0.2, 0.25) is 0 Å².